The van der Waals surface area contributed by atoms with Crippen molar-refractivity contribution in [2.45, 2.75) is 39.0 Å². The lowest BCUT2D eigenvalue weighted by Gasteiger charge is -2.15. The molecule has 2 N–H and O–H groups in total. The first-order valence-electron chi connectivity index (χ1n) is 7.15. The van der Waals surface area contributed by atoms with Gasteiger partial charge >= 0.3 is 5.97 Å². The number of halogens is 1. The molecule has 1 unspecified atom stereocenters. The highest BCUT2D eigenvalue weighted by atomic mass is 79.9. The molecular formula is C15H21BrN2O3. The number of hydrogen-bond acceptors (Lipinski definition) is 3. The van der Waals surface area contributed by atoms with Crippen LogP contribution < -0.4 is 5.32 Å². The van der Waals surface area contributed by atoms with Crippen molar-refractivity contribution in [3.05, 3.63) is 28.5 Å². The van der Waals surface area contributed by atoms with Gasteiger partial charge in [-0.25, -0.2) is 4.98 Å². The number of rotatable bonds is 9. The number of carbonyl (C=O) groups excluding carboxylic acids is 1. The third kappa shape index (κ3) is 7.22. The van der Waals surface area contributed by atoms with Crippen molar-refractivity contribution in [3.63, 3.8) is 0 Å². The van der Waals surface area contributed by atoms with Crippen molar-refractivity contribution in [1.29, 1.82) is 0 Å². The number of carboxylic acids is 1. The van der Waals surface area contributed by atoms with Gasteiger partial charge in [-0.15, -0.1) is 0 Å². The lowest BCUT2D eigenvalue weighted by atomic mass is 9.94. The third-order valence-corrected chi connectivity index (χ3v) is 3.69. The Hall–Kier alpha value is -1.43. The molecule has 116 valence electrons. The fourth-order valence-corrected chi connectivity index (χ4v) is 2.53. The number of amides is 1. The summed E-state index contributed by atoms with van der Waals surface area (Å²) in [5.74, 6) is -0.634. The summed E-state index contributed by atoms with van der Waals surface area (Å²) >= 11 is 3.23. The van der Waals surface area contributed by atoms with Gasteiger partial charge in [0.2, 0.25) is 0 Å². The van der Waals surface area contributed by atoms with Gasteiger partial charge in [0.15, 0.2) is 0 Å². The molecule has 5 nitrogen and oxygen atoms in total. The molecule has 1 heterocycles. The molecule has 21 heavy (non-hydrogen) atoms. The fourth-order valence-electron chi connectivity index (χ4n) is 2.18. The maximum atomic E-state index is 11.9. The van der Waals surface area contributed by atoms with Crippen molar-refractivity contribution in [2.75, 3.05) is 6.54 Å². The van der Waals surface area contributed by atoms with Crippen LogP contribution in [0, 0.1) is 5.92 Å². The van der Waals surface area contributed by atoms with Crippen molar-refractivity contribution in [2.24, 2.45) is 5.92 Å². The average Bonchev–Trinajstić information content (AvgIpc) is 2.44. The van der Waals surface area contributed by atoms with Gasteiger partial charge in [0, 0.05) is 13.0 Å². The predicted molar refractivity (Wildman–Crippen MR) is 84.2 cm³/mol. The zero-order valence-corrected chi connectivity index (χ0v) is 13.7. The summed E-state index contributed by atoms with van der Waals surface area (Å²) in [6.45, 7) is 2.62. The number of hydrogen-bond donors (Lipinski definition) is 2. The van der Waals surface area contributed by atoms with E-state index in [1.54, 1.807) is 18.2 Å². The molecule has 1 rings (SSSR count). The minimum absolute atomic E-state index is 0.186. The van der Waals surface area contributed by atoms with Crippen LogP contribution in [0.1, 0.15) is 49.5 Å². The Labute approximate surface area is 133 Å². The monoisotopic (exact) mass is 356 g/mol. The summed E-state index contributed by atoms with van der Waals surface area (Å²) in [5.41, 5.74) is 0.377. The van der Waals surface area contributed by atoms with Crippen molar-refractivity contribution in [3.8, 4) is 0 Å². The molecule has 1 atom stereocenters. The molecule has 0 radical (unpaired) electrons. The molecule has 0 saturated carbocycles. The molecular weight excluding hydrogens is 336 g/mol. The molecule has 0 fully saturated rings. The molecule has 1 aromatic rings. The van der Waals surface area contributed by atoms with Gasteiger partial charge < -0.3 is 10.4 Å². The standard InChI is InChI=1S/C15H21BrN2O3/c1-2-4-11(7-8-14(19)20)9-10-17-15(21)12-5-3-6-13(16)18-12/h3,5-6,11H,2,4,7-10H2,1H3,(H,17,21)(H,19,20). The summed E-state index contributed by atoms with van der Waals surface area (Å²) in [4.78, 5) is 26.6. The van der Waals surface area contributed by atoms with Crippen LogP contribution in [-0.2, 0) is 4.79 Å². The molecule has 1 aromatic heterocycles. The van der Waals surface area contributed by atoms with E-state index in [0.717, 1.165) is 19.3 Å². The van der Waals surface area contributed by atoms with E-state index in [1.807, 2.05) is 0 Å². The number of carboxylic acid groups (broad SMARTS) is 1. The maximum absolute atomic E-state index is 11.9. The van der Waals surface area contributed by atoms with Crippen LogP contribution in [0.15, 0.2) is 22.8 Å². The summed E-state index contributed by atoms with van der Waals surface area (Å²) < 4.78 is 0.625. The van der Waals surface area contributed by atoms with Gasteiger partial charge in [0.25, 0.3) is 5.91 Å². The number of nitrogens with one attached hydrogen (secondary N) is 1. The van der Waals surface area contributed by atoms with Crippen LogP contribution in [0.2, 0.25) is 0 Å². The molecule has 1 amide bonds. The summed E-state index contributed by atoms with van der Waals surface area (Å²) in [5, 5.41) is 11.6. The number of nitrogens with zero attached hydrogens (tertiary/aromatic N) is 1. The first kappa shape index (κ1) is 17.6. The van der Waals surface area contributed by atoms with Crippen LogP contribution in [-0.4, -0.2) is 28.5 Å². The van der Waals surface area contributed by atoms with Gasteiger partial charge in [0.05, 0.1) is 0 Å². The second kappa shape index (κ2) is 9.50. The van der Waals surface area contributed by atoms with E-state index >= 15 is 0 Å². The van der Waals surface area contributed by atoms with Crippen LogP contribution in [0.5, 0.6) is 0 Å². The predicted octanol–water partition coefficient (Wildman–Crippen LogP) is 3.25. The highest BCUT2D eigenvalue weighted by Crippen LogP contribution is 2.17. The van der Waals surface area contributed by atoms with Crippen LogP contribution in [0.25, 0.3) is 0 Å². The summed E-state index contributed by atoms with van der Waals surface area (Å²) in [6.07, 6.45) is 3.64. The molecule has 0 aliphatic rings. The lowest BCUT2D eigenvalue weighted by molar-refractivity contribution is -0.137. The maximum Gasteiger partial charge on any atom is 0.303 e. The molecule has 0 aliphatic carbocycles. The van der Waals surface area contributed by atoms with Crippen LogP contribution >= 0.6 is 15.9 Å². The second-order valence-electron chi connectivity index (χ2n) is 4.98. The third-order valence-electron chi connectivity index (χ3n) is 3.25. The van der Waals surface area contributed by atoms with Gasteiger partial charge in [0.1, 0.15) is 10.3 Å². The number of aromatic nitrogens is 1. The molecule has 0 aliphatic heterocycles. The van der Waals surface area contributed by atoms with E-state index in [9.17, 15) is 9.59 Å². The highest BCUT2D eigenvalue weighted by Gasteiger charge is 2.12. The van der Waals surface area contributed by atoms with E-state index < -0.39 is 5.97 Å². The van der Waals surface area contributed by atoms with E-state index in [0.29, 0.717) is 29.2 Å². The first-order chi connectivity index (χ1) is 10.0. The molecule has 0 aromatic carbocycles. The largest absolute Gasteiger partial charge is 0.481 e. The van der Waals surface area contributed by atoms with Crippen LogP contribution in [0.4, 0.5) is 0 Å². The number of carbonyl (C=O) groups is 2. The van der Waals surface area contributed by atoms with Gasteiger partial charge in [-0.05, 0) is 46.8 Å². The Morgan fingerprint density at radius 2 is 2.10 bits per heavy atom. The molecule has 0 spiro atoms. The minimum atomic E-state index is -0.765. The summed E-state index contributed by atoms with van der Waals surface area (Å²) in [6, 6.07) is 5.19. The number of aliphatic carboxylic acids is 1. The zero-order valence-electron chi connectivity index (χ0n) is 12.1. The van der Waals surface area contributed by atoms with E-state index in [2.05, 4.69) is 33.2 Å². The average molecular weight is 357 g/mol. The van der Waals surface area contributed by atoms with Gasteiger partial charge in [-0.3, -0.25) is 9.59 Å². The lowest BCUT2D eigenvalue weighted by Crippen LogP contribution is -2.27. The van der Waals surface area contributed by atoms with Crippen molar-refractivity contribution in [1.82, 2.24) is 10.3 Å². The van der Waals surface area contributed by atoms with Crippen molar-refractivity contribution >= 4 is 27.8 Å². The Kier molecular flexibility index (Phi) is 7.97. The molecule has 6 heteroatoms. The Balaban J connectivity index is 2.38. The number of pyridine rings is 1. The Morgan fingerprint density at radius 3 is 2.71 bits per heavy atom. The van der Waals surface area contributed by atoms with Gasteiger partial charge in [-0.2, -0.15) is 0 Å². The Bertz CT molecular complexity index is 480. The first-order valence-corrected chi connectivity index (χ1v) is 7.94. The van der Waals surface area contributed by atoms with E-state index in [4.69, 9.17) is 5.11 Å². The second-order valence-corrected chi connectivity index (χ2v) is 5.79. The van der Waals surface area contributed by atoms with E-state index in [1.165, 1.54) is 0 Å². The smallest absolute Gasteiger partial charge is 0.303 e. The molecule has 0 bridgehead atoms. The van der Waals surface area contributed by atoms with E-state index in [-0.39, 0.29) is 12.3 Å². The topological polar surface area (TPSA) is 79.3 Å². The fraction of sp³-hybridized carbons (Fsp3) is 0.533. The minimum Gasteiger partial charge on any atom is -0.481 e. The quantitative estimate of drug-likeness (QED) is 0.665. The van der Waals surface area contributed by atoms with Gasteiger partial charge in [-0.1, -0.05) is 25.8 Å². The SMILES string of the molecule is CCCC(CCNC(=O)c1cccc(Br)n1)CCC(=O)O. The Morgan fingerprint density at radius 1 is 1.33 bits per heavy atom. The highest BCUT2D eigenvalue weighted by molar-refractivity contribution is 9.10. The normalized spacial score (nSPS) is 11.9. The molecule has 0 saturated heterocycles. The summed E-state index contributed by atoms with van der Waals surface area (Å²) in [7, 11) is 0. The zero-order chi connectivity index (χ0) is 15.7. The van der Waals surface area contributed by atoms with Crippen molar-refractivity contribution < 1.29 is 14.7 Å². The van der Waals surface area contributed by atoms with Crippen LogP contribution in [0.3, 0.4) is 0 Å².